The average molecular weight is 713 g/mol. The van der Waals surface area contributed by atoms with Crippen LogP contribution in [0.25, 0.3) is 22.1 Å². The van der Waals surface area contributed by atoms with E-state index in [-0.39, 0.29) is 29.9 Å². The normalized spacial score (nSPS) is 24.0. The van der Waals surface area contributed by atoms with Gasteiger partial charge in [0.05, 0.1) is 46.2 Å². The second kappa shape index (κ2) is 13.6. The summed E-state index contributed by atoms with van der Waals surface area (Å²) in [4.78, 5) is 21.2. The fourth-order valence-electron chi connectivity index (χ4n) is 9.66. The number of aromatic amines is 2. The van der Waals surface area contributed by atoms with E-state index in [1.165, 1.54) is 5.56 Å². The van der Waals surface area contributed by atoms with Crippen LogP contribution in [0.5, 0.6) is 0 Å². The Morgan fingerprint density at radius 2 is 1.13 bits per heavy atom. The number of benzene rings is 4. The lowest BCUT2D eigenvalue weighted by molar-refractivity contribution is 0.486. The Morgan fingerprint density at radius 3 is 1.64 bits per heavy atom. The number of anilines is 2. The molecular formula is C43H46F2N8. The molecule has 4 atom stereocenters. The van der Waals surface area contributed by atoms with Crippen LogP contribution in [0.4, 0.5) is 20.2 Å². The van der Waals surface area contributed by atoms with Gasteiger partial charge in [0.15, 0.2) is 11.6 Å². The first kappa shape index (κ1) is 32.8. The summed E-state index contributed by atoms with van der Waals surface area (Å²) in [6.45, 7) is 3.25. The molecule has 6 aromatic rings. The van der Waals surface area contributed by atoms with Gasteiger partial charge in [-0.25, -0.2) is 18.7 Å². The van der Waals surface area contributed by atoms with Gasteiger partial charge in [-0.15, -0.1) is 0 Å². The number of halogens is 2. The lowest BCUT2D eigenvalue weighted by atomic mass is 9.89. The Hall–Kier alpha value is -4.80. The largest absolute Gasteiger partial charge is 0.367 e. The third-order valence-corrected chi connectivity index (χ3v) is 12.4. The van der Waals surface area contributed by atoms with Crippen LogP contribution >= 0.6 is 0 Å². The fourth-order valence-corrected chi connectivity index (χ4v) is 9.66. The smallest absolute Gasteiger partial charge is 0.151 e. The molecule has 0 spiro atoms. The maximum absolute atomic E-state index is 16.4. The summed E-state index contributed by atoms with van der Waals surface area (Å²) < 4.78 is 32.8. The van der Waals surface area contributed by atoms with Crippen molar-refractivity contribution in [3.05, 3.63) is 119 Å². The Morgan fingerprint density at radius 1 is 0.585 bits per heavy atom. The Balaban J connectivity index is 0.994. The molecule has 6 heterocycles. The molecule has 10 heteroatoms. The molecule has 4 aromatic carbocycles. The van der Waals surface area contributed by atoms with Crippen molar-refractivity contribution in [1.29, 1.82) is 0 Å². The van der Waals surface area contributed by atoms with Gasteiger partial charge >= 0.3 is 0 Å². The molecule has 0 radical (unpaired) electrons. The van der Waals surface area contributed by atoms with E-state index in [9.17, 15) is 0 Å². The lowest BCUT2D eigenvalue weighted by Gasteiger charge is -2.36. The molecule has 0 saturated carbocycles. The van der Waals surface area contributed by atoms with Gasteiger partial charge in [-0.05, 0) is 123 Å². The van der Waals surface area contributed by atoms with Gasteiger partial charge in [0, 0.05) is 18.8 Å². The third-order valence-electron chi connectivity index (χ3n) is 12.4. The number of H-pyrrole nitrogens is 2. The van der Waals surface area contributed by atoms with Gasteiger partial charge in [-0.1, -0.05) is 42.5 Å². The number of aromatic nitrogens is 4. The van der Waals surface area contributed by atoms with E-state index in [1.807, 2.05) is 11.0 Å². The predicted molar refractivity (Wildman–Crippen MR) is 206 cm³/mol. The molecular weight excluding hydrogens is 667 g/mol. The minimum atomic E-state index is -0.502. The highest BCUT2D eigenvalue weighted by atomic mass is 19.1. The number of rotatable bonds is 7. The minimum absolute atomic E-state index is 0.0808. The molecule has 272 valence electrons. The summed E-state index contributed by atoms with van der Waals surface area (Å²) >= 11 is 0. The van der Waals surface area contributed by atoms with Gasteiger partial charge in [0.2, 0.25) is 0 Å². The van der Waals surface area contributed by atoms with Crippen LogP contribution < -0.4 is 20.4 Å². The van der Waals surface area contributed by atoms with E-state index in [2.05, 4.69) is 86.2 Å². The highest BCUT2D eigenvalue weighted by molar-refractivity contribution is 5.78. The maximum atomic E-state index is 16.4. The molecule has 4 aliphatic rings. The monoisotopic (exact) mass is 712 g/mol. The molecule has 8 nitrogen and oxygen atoms in total. The Kier molecular flexibility index (Phi) is 8.40. The van der Waals surface area contributed by atoms with Crippen LogP contribution in [0.15, 0.2) is 78.9 Å². The van der Waals surface area contributed by atoms with Crippen molar-refractivity contribution in [1.82, 2.24) is 30.6 Å². The van der Waals surface area contributed by atoms with Crippen molar-refractivity contribution in [2.45, 2.75) is 81.5 Å². The van der Waals surface area contributed by atoms with E-state index in [4.69, 9.17) is 9.97 Å². The topological polar surface area (TPSA) is 87.9 Å². The third kappa shape index (κ3) is 6.05. The Bertz CT molecular complexity index is 2120. The number of imidazole rings is 2. The number of piperidine rings is 1. The molecule has 0 bridgehead atoms. The summed E-state index contributed by atoms with van der Waals surface area (Å²) in [5, 5.41) is 7.09. The van der Waals surface area contributed by atoms with Crippen LogP contribution in [0.1, 0.15) is 110 Å². The molecule has 2 aromatic heterocycles. The van der Waals surface area contributed by atoms with Crippen molar-refractivity contribution in [2.24, 2.45) is 0 Å². The quantitative estimate of drug-likeness (QED) is 0.132. The first-order valence-corrected chi connectivity index (χ1v) is 19.6. The minimum Gasteiger partial charge on any atom is -0.367 e. The highest BCUT2D eigenvalue weighted by Gasteiger charge is 2.38. The van der Waals surface area contributed by atoms with E-state index in [0.717, 1.165) is 109 Å². The van der Waals surface area contributed by atoms with Crippen molar-refractivity contribution in [2.75, 3.05) is 36.0 Å². The zero-order valence-electron chi connectivity index (χ0n) is 29.9. The van der Waals surface area contributed by atoms with E-state index < -0.39 is 11.6 Å². The van der Waals surface area contributed by atoms with E-state index >= 15 is 8.78 Å². The molecule has 4 aliphatic heterocycles. The second-order valence-electron chi connectivity index (χ2n) is 15.5. The first-order chi connectivity index (χ1) is 26.1. The fraction of sp³-hybridized carbons (Fsp3) is 0.395. The zero-order valence-corrected chi connectivity index (χ0v) is 29.9. The van der Waals surface area contributed by atoms with Gasteiger partial charge in [0.1, 0.15) is 17.3 Å². The second-order valence-corrected chi connectivity index (χ2v) is 15.5. The predicted octanol–water partition coefficient (Wildman–Crippen LogP) is 9.03. The molecule has 0 unspecified atom stereocenters. The average Bonchev–Trinajstić information content (AvgIpc) is 4.03. The first-order valence-electron chi connectivity index (χ1n) is 19.6. The van der Waals surface area contributed by atoms with Crippen LogP contribution in [0.3, 0.4) is 0 Å². The number of fused-ring (bicyclic) bond motifs is 2. The summed E-state index contributed by atoms with van der Waals surface area (Å²) in [5.41, 5.74) is 8.04. The van der Waals surface area contributed by atoms with Gasteiger partial charge in [-0.3, -0.25) is 0 Å². The number of nitrogens with one attached hydrogen (secondary N) is 4. The van der Waals surface area contributed by atoms with Crippen molar-refractivity contribution >= 4 is 33.4 Å². The van der Waals surface area contributed by atoms with Crippen LogP contribution in [-0.4, -0.2) is 46.1 Å². The zero-order chi connectivity index (χ0) is 35.5. The lowest BCUT2D eigenvalue weighted by Crippen LogP contribution is -2.34. The molecule has 0 amide bonds. The van der Waals surface area contributed by atoms with Gasteiger partial charge < -0.3 is 30.4 Å². The molecule has 4 fully saturated rings. The highest BCUT2D eigenvalue weighted by Crippen LogP contribution is 2.49. The van der Waals surface area contributed by atoms with E-state index in [0.29, 0.717) is 24.7 Å². The van der Waals surface area contributed by atoms with Gasteiger partial charge in [0.25, 0.3) is 0 Å². The van der Waals surface area contributed by atoms with Crippen molar-refractivity contribution < 1.29 is 8.78 Å². The standard InChI is InChI=1S/C43H46F2N8/c44-31-24-30(25-32(45)41(31)52-20-16-27(17-21-52)26-6-2-1-3-7-26)53-39(28-10-12-33-37(22-28)50-42(48-33)35-8-4-18-46-35)14-15-40(53)29-11-13-34-38(23-29)51-43(49-34)36-9-5-19-47-36/h1-3,6-7,10-13,22-25,27,35-36,39-40,46-47H,4-5,8-9,14-21H2,(H,48,50)(H,49,51)/t35-,36-,39-,40+/m0/s1. The van der Waals surface area contributed by atoms with E-state index in [1.54, 1.807) is 12.1 Å². The maximum Gasteiger partial charge on any atom is 0.151 e. The van der Waals surface area contributed by atoms with Crippen LogP contribution in [0.2, 0.25) is 0 Å². The Labute approximate surface area is 308 Å². The molecule has 53 heavy (non-hydrogen) atoms. The molecule has 4 N–H and O–H groups in total. The van der Waals surface area contributed by atoms with Crippen LogP contribution in [-0.2, 0) is 0 Å². The molecule has 4 saturated heterocycles. The number of hydrogen-bond acceptors (Lipinski definition) is 6. The SMILES string of the molecule is Fc1cc(N2[C@@H](c3ccc4nc([C@@H]5CCCN5)[nH]c4c3)CC[C@H]2c2ccc3nc([C@@H]4CCCN4)[nH]c3c2)cc(F)c1N1CCC(c2ccccc2)CC1. The molecule has 10 rings (SSSR count). The molecule has 0 aliphatic carbocycles. The van der Waals surface area contributed by atoms with Crippen molar-refractivity contribution in [3.8, 4) is 0 Å². The number of hydrogen-bond donors (Lipinski definition) is 4. The summed E-state index contributed by atoms with van der Waals surface area (Å²) in [6.07, 6.45) is 7.85. The van der Waals surface area contributed by atoms with Crippen molar-refractivity contribution in [3.63, 3.8) is 0 Å². The van der Waals surface area contributed by atoms with Crippen LogP contribution in [0, 0.1) is 11.6 Å². The summed E-state index contributed by atoms with van der Waals surface area (Å²) in [7, 11) is 0. The summed E-state index contributed by atoms with van der Waals surface area (Å²) in [6, 6.07) is 26.8. The van der Waals surface area contributed by atoms with Gasteiger partial charge in [-0.2, -0.15) is 0 Å². The summed E-state index contributed by atoms with van der Waals surface area (Å²) in [5.74, 6) is 1.35. The number of nitrogens with zero attached hydrogens (tertiary/aromatic N) is 4.